The Morgan fingerprint density at radius 2 is 0.949 bits per heavy atom. The fraction of sp³-hybridized carbons (Fsp3) is 0. The third-order valence-corrected chi connectivity index (χ3v) is 13.4. The quantitative estimate of drug-likeness (QED) is 0.168. The van der Waals surface area contributed by atoms with E-state index in [1.807, 2.05) is 65.9 Å². The molecule has 8 aromatic carbocycles. The van der Waals surface area contributed by atoms with E-state index in [1.165, 1.54) is 51.5 Å². The van der Waals surface area contributed by atoms with Gasteiger partial charge in [0, 0.05) is 62.6 Å². The van der Waals surface area contributed by atoms with Crippen molar-refractivity contribution in [3.8, 4) is 67.9 Å². The molecule has 0 amide bonds. The van der Waals surface area contributed by atoms with Crippen LogP contribution in [-0.2, 0) is 0 Å². The van der Waals surface area contributed by atoms with E-state index in [-0.39, 0.29) is 0 Å². The molecule has 5 nitrogen and oxygen atoms in total. The fourth-order valence-electron chi connectivity index (χ4n) is 8.02. The van der Waals surface area contributed by atoms with Gasteiger partial charge in [0.1, 0.15) is 5.52 Å². The second kappa shape index (κ2) is 13.7. The van der Waals surface area contributed by atoms with Gasteiger partial charge in [-0.3, -0.25) is 0 Å². The zero-order chi connectivity index (χ0) is 38.9. The average molecular weight is 791 g/mol. The molecular weight excluding hydrogens is 761 g/mol. The standard InChI is InChI=1S/C52H30N4OS2/c1-2-9-33(10-3-1)49-54-50(56-51(55-49)37-25-27-40-39-11-4-7-16-45(39)58-47(40)30-37)34-21-19-32(20-22-34)38-12-8-13-41-42-29-36(26-28-46(42)59-48(38)41)31-17-23-35(24-18-31)52-53-43-14-5-6-15-44(43)57-52/h1-30H. The highest BCUT2D eigenvalue weighted by atomic mass is 32.1. The molecule has 0 spiro atoms. The van der Waals surface area contributed by atoms with E-state index in [1.54, 1.807) is 11.3 Å². The molecule has 0 bridgehead atoms. The number of fused-ring (bicyclic) bond motifs is 7. The van der Waals surface area contributed by atoms with Gasteiger partial charge in [-0.2, -0.15) is 0 Å². The molecule has 0 saturated carbocycles. The zero-order valence-corrected chi connectivity index (χ0v) is 33.0. The molecule has 4 heterocycles. The molecule has 0 N–H and O–H groups in total. The maximum absolute atomic E-state index is 6.02. The van der Waals surface area contributed by atoms with Gasteiger partial charge in [-0.1, -0.05) is 133 Å². The first-order chi connectivity index (χ1) is 29.2. The lowest BCUT2D eigenvalue weighted by Gasteiger charge is -2.09. The molecule has 12 rings (SSSR count). The Bertz CT molecular complexity index is 3520. The van der Waals surface area contributed by atoms with Gasteiger partial charge in [-0.25, -0.2) is 19.9 Å². The van der Waals surface area contributed by atoms with Crippen molar-refractivity contribution in [2.45, 2.75) is 0 Å². The van der Waals surface area contributed by atoms with Crippen LogP contribution in [0.4, 0.5) is 0 Å². The molecule has 0 aliphatic rings. The van der Waals surface area contributed by atoms with Crippen molar-refractivity contribution in [3.63, 3.8) is 0 Å². The Balaban J connectivity index is 0.884. The lowest BCUT2D eigenvalue weighted by Crippen LogP contribution is -2.00. The van der Waals surface area contributed by atoms with Crippen LogP contribution in [0.3, 0.4) is 0 Å². The number of thiophene rings is 2. The van der Waals surface area contributed by atoms with Crippen LogP contribution in [0.1, 0.15) is 0 Å². The number of benzene rings is 8. The van der Waals surface area contributed by atoms with Crippen LogP contribution in [-0.4, -0.2) is 19.9 Å². The van der Waals surface area contributed by atoms with Crippen LogP contribution in [0.15, 0.2) is 186 Å². The number of rotatable bonds is 6. The predicted molar refractivity (Wildman–Crippen MR) is 246 cm³/mol. The Labute approximate surface area is 346 Å². The first kappa shape index (κ1) is 33.8. The van der Waals surface area contributed by atoms with Gasteiger partial charge in [0.15, 0.2) is 23.1 Å². The highest BCUT2D eigenvalue weighted by molar-refractivity contribution is 7.26. The number of hydrogen-bond donors (Lipinski definition) is 0. The fourth-order valence-corrected chi connectivity index (χ4v) is 10.4. The lowest BCUT2D eigenvalue weighted by atomic mass is 9.99. The van der Waals surface area contributed by atoms with E-state index < -0.39 is 0 Å². The lowest BCUT2D eigenvalue weighted by molar-refractivity contribution is 0.620. The van der Waals surface area contributed by atoms with Gasteiger partial charge in [0.2, 0.25) is 5.89 Å². The van der Waals surface area contributed by atoms with Gasteiger partial charge in [0.05, 0.1) is 0 Å². The van der Waals surface area contributed by atoms with E-state index in [0.29, 0.717) is 23.4 Å². The zero-order valence-electron chi connectivity index (χ0n) is 31.3. The minimum absolute atomic E-state index is 0.633. The summed E-state index contributed by atoms with van der Waals surface area (Å²) < 4.78 is 11.0. The van der Waals surface area contributed by atoms with Crippen molar-refractivity contribution in [2.24, 2.45) is 0 Å². The minimum Gasteiger partial charge on any atom is -0.436 e. The number of nitrogens with zero attached hydrogens (tertiary/aromatic N) is 4. The maximum atomic E-state index is 6.02. The van der Waals surface area contributed by atoms with Crippen LogP contribution in [0.25, 0.3) is 119 Å². The third-order valence-electron chi connectivity index (χ3n) is 11.0. The monoisotopic (exact) mass is 790 g/mol. The molecule has 0 unspecified atom stereocenters. The Kier molecular flexibility index (Phi) is 7.82. The first-order valence-corrected chi connectivity index (χ1v) is 21.1. The molecule has 276 valence electrons. The largest absolute Gasteiger partial charge is 0.436 e. The third kappa shape index (κ3) is 5.90. The van der Waals surface area contributed by atoms with Crippen molar-refractivity contribution in [1.29, 1.82) is 0 Å². The SMILES string of the molecule is c1ccc(-c2nc(-c3ccc(-c4cccc5c4sc4ccc(-c6ccc(-c7nc8ccccc8o7)cc6)cc45)cc3)nc(-c3ccc4c(c3)sc3ccccc34)n2)cc1. The van der Waals surface area contributed by atoms with Crippen molar-refractivity contribution in [1.82, 2.24) is 19.9 Å². The predicted octanol–water partition coefficient (Wildman–Crippen LogP) is 14.8. The van der Waals surface area contributed by atoms with E-state index in [0.717, 1.165) is 44.5 Å². The summed E-state index contributed by atoms with van der Waals surface area (Å²) in [5, 5.41) is 5.03. The van der Waals surface area contributed by atoms with Crippen molar-refractivity contribution < 1.29 is 4.42 Å². The molecule has 0 saturated heterocycles. The highest BCUT2D eigenvalue weighted by Crippen LogP contribution is 2.42. The van der Waals surface area contributed by atoms with E-state index in [2.05, 4.69) is 132 Å². The van der Waals surface area contributed by atoms with Gasteiger partial charge >= 0.3 is 0 Å². The summed E-state index contributed by atoms with van der Waals surface area (Å²) in [4.78, 5) is 19.8. The normalized spacial score (nSPS) is 11.7. The van der Waals surface area contributed by atoms with Crippen LogP contribution >= 0.6 is 22.7 Å². The molecule has 0 radical (unpaired) electrons. The van der Waals surface area contributed by atoms with Gasteiger partial charge in [0.25, 0.3) is 0 Å². The number of hydrogen-bond acceptors (Lipinski definition) is 7. The van der Waals surface area contributed by atoms with Gasteiger partial charge in [-0.05, 0) is 70.8 Å². The summed E-state index contributed by atoms with van der Waals surface area (Å²) in [6, 6.07) is 63.6. The molecule has 4 aromatic heterocycles. The Morgan fingerprint density at radius 1 is 0.339 bits per heavy atom. The van der Waals surface area contributed by atoms with Crippen molar-refractivity contribution in [3.05, 3.63) is 182 Å². The number of para-hydroxylation sites is 2. The summed E-state index contributed by atoms with van der Waals surface area (Å²) in [5.41, 5.74) is 10.2. The Morgan fingerprint density at radius 3 is 1.78 bits per heavy atom. The summed E-state index contributed by atoms with van der Waals surface area (Å²) in [7, 11) is 0. The summed E-state index contributed by atoms with van der Waals surface area (Å²) in [6.45, 7) is 0. The number of oxazole rings is 1. The van der Waals surface area contributed by atoms with Gasteiger partial charge < -0.3 is 4.42 Å². The summed E-state index contributed by atoms with van der Waals surface area (Å²) in [6.07, 6.45) is 0. The molecular formula is C52H30N4OS2. The second-order valence-corrected chi connectivity index (χ2v) is 16.8. The maximum Gasteiger partial charge on any atom is 0.227 e. The van der Waals surface area contributed by atoms with Crippen LogP contribution < -0.4 is 0 Å². The summed E-state index contributed by atoms with van der Waals surface area (Å²) >= 11 is 3.64. The summed E-state index contributed by atoms with van der Waals surface area (Å²) in [5.74, 6) is 2.59. The Hall–Kier alpha value is -7.32. The number of aromatic nitrogens is 4. The highest BCUT2D eigenvalue weighted by Gasteiger charge is 2.16. The van der Waals surface area contributed by atoms with Crippen molar-refractivity contribution >= 4 is 74.1 Å². The molecule has 0 aliphatic heterocycles. The first-order valence-electron chi connectivity index (χ1n) is 19.4. The van der Waals surface area contributed by atoms with Crippen molar-refractivity contribution in [2.75, 3.05) is 0 Å². The second-order valence-electron chi connectivity index (χ2n) is 14.6. The molecule has 0 atom stereocenters. The minimum atomic E-state index is 0.633. The van der Waals surface area contributed by atoms with E-state index in [9.17, 15) is 0 Å². The molecule has 59 heavy (non-hydrogen) atoms. The van der Waals surface area contributed by atoms with Crippen LogP contribution in [0.5, 0.6) is 0 Å². The molecule has 0 fully saturated rings. The molecule has 0 aliphatic carbocycles. The smallest absolute Gasteiger partial charge is 0.227 e. The average Bonchev–Trinajstić information content (AvgIpc) is 4.02. The van der Waals surface area contributed by atoms with Crippen LogP contribution in [0, 0.1) is 0 Å². The van der Waals surface area contributed by atoms with Gasteiger partial charge in [-0.15, -0.1) is 22.7 Å². The van der Waals surface area contributed by atoms with E-state index >= 15 is 0 Å². The van der Waals surface area contributed by atoms with Crippen LogP contribution in [0.2, 0.25) is 0 Å². The van der Waals surface area contributed by atoms with E-state index in [4.69, 9.17) is 19.4 Å². The molecule has 12 aromatic rings. The molecule has 7 heteroatoms. The topological polar surface area (TPSA) is 64.7 Å².